The Hall–Kier alpha value is -2.11. The molecule has 168 valence electrons. The third-order valence-corrected chi connectivity index (χ3v) is 7.05. The summed E-state index contributed by atoms with van der Waals surface area (Å²) in [5.41, 5.74) is 4.17. The van der Waals surface area contributed by atoms with Crippen LogP contribution in [0.3, 0.4) is 0 Å². The molecule has 0 radical (unpaired) electrons. The van der Waals surface area contributed by atoms with E-state index < -0.39 is 0 Å². The van der Waals surface area contributed by atoms with E-state index in [0.29, 0.717) is 5.91 Å². The molecule has 2 saturated heterocycles. The summed E-state index contributed by atoms with van der Waals surface area (Å²) in [6.07, 6.45) is 9.78. The molecule has 2 fully saturated rings. The monoisotopic (exact) mass is 422 g/mol. The Morgan fingerprint density at radius 3 is 2.16 bits per heavy atom. The van der Waals surface area contributed by atoms with Gasteiger partial charge in [0.05, 0.1) is 0 Å². The number of piperazine rings is 1. The number of amides is 1. The molecular formula is C26H38N4O. The number of carbonyl (C=O) groups excluding carboxylic acids is 1. The molecule has 0 atom stereocenters. The molecule has 1 amide bonds. The summed E-state index contributed by atoms with van der Waals surface area (Å²) in [6.45, 7) is 11.0. The maximum absolute atomic E-state index is 13.1. The van der Waals surface area contributed by atoms with E-state index in [-0.39, 0.29) is 5.92 Å². The first-order chi connectivity index (χ1) is 15.1. The van der Waals surface area contributed by atoms with Gasteiger partial charge in [0.1, 0.15) is 0 Å². The van der Waals surface area contributed by atoms with E-state index in [9.17, 15) is 4.79 Å². The van der Waals surface area contributed by atoms with E-state index in [1.807, 2.05) is 0 Å². The number of likely N-dealkylation sites (tertiary alicyclic amines) is 1. The largest absolute Gasteiger partial charge is 0.377 e. The van der Waals surface area contributed by atoms with Gasteiger partial charge in [0.2, 0.25) is 5.91 Å². The topological polar surface area (TPSA) is 30.0 Å². The van der Waals surface area contributed by atoms with Crippen molar-refractivity contribution in [3.63, 3.8) is 0 Å². The summed E-state index contributed by atoms with van der Waals surface area (Å²) in [6, 6.07) is 8.98. The Balaban J connectivity index is 1.18. The Kier molecular flexibility index (Phi) is 7.46. The molecule has 3 aliphatic heterocycles. The van der Waals surface area contributed by atoms with Crippen molar-refractivity contribution in [1.29, 1.82) is 0 Å². The lowest BCUT2D eigenvalue weighted by molar-refractivity contribution is -0.138. The van der Waals surface area contributed by atoms with Crippen molar-refractivity contribution in [3.05, 3.63) is 59.3 Å². The van der Waals surface area contributed by atoms with Gasteiger partial charge in [-0.05, 0) is 61.3 Å². The number of aryl methyl sites for hydroxylation is 1. The van der Waals surface area contributed by atoms with E-state index in [2.05, 4.69) is 76.2 Å². The molecule has 3 heterocycles. The van der Waals surface area contributed by atoms with Gasteiger partial charge in [-0.3, -0.25) is 14.6 Å². The Morgan fingerprint density at radius 1 is 0.903 bits per heavy atom. The van der Waals surface area contributed by atoms with Crippen LogP contribution in [-0.2, 0) is 17.8 Å². The predicted octanol–water partition coefficient (Wildman–Crippen LogP) is 2.99. The maximum atomic E-state index is 13.1. The van der Waals surface area contributed by atoms with Gasteiger partial charge in [-0.25, -0.2) is 0 Å². The van der Waals surface area contributed by atoms with Crippen molar-refractivity contribution in [3.8, 4) is 0 Å². The normalized spacial score (nSPS) is 21.4. The second-order valence-electron chi connectivity index (χ2n) is 9.36. The molecule has 5 nitrogen and oxygen atoms in total. The highest BCUT2D eigenvalue weighted by molar-refractivity contribution is 5.79. The van der Waals surface area contributed by atoms with Gasteiger partial charge in [-0.1, -0.05) is 37.3 Å². The van der Waals surface area contributed by atoms with Gasteiger partial charge in [0.25, 0.3) is 0 Å². The van der Waals surface area contributed by atoms with Gasteiger partial charge in [0, 0.05) is 58.8 Å². The minimum absolute atomic E-state index is 0.214. The minimum Gasteiger partial charge on any atom is -0.377 e. The first-order valence-electron chi connectivity index (χ1n) is 12.0. The minimum atomic E-state index is 0.214. The number of hydrogen-bond donors (Lipinski definition) is 0. The van der Waals surface area contributed by atoms with Gasteiger partial charge < -0.3 is 9.80 Å². The summed E-state index contributed by atoms with van der Waals surface area (Å²) >= 11 is 0. The van der Waals surface area contributed by atoms with Crippen molar-refractivity contribution in [2.24, 2.45) is 5.92 Å². The van der Waals surface area contributed by atoms with Crippen LogP contribution in [0.1, 0.15) is 30.9 Å². The summed E-state index contributed by atoms with van der Waals surface area (Å²) < 4.78 is 0. The zero-order valence-corrected chi connectivity index (χ0v) is 19.3. The van der Waals surface area contributed by atoms with Gasteiger partial charge in [-0.15, -0.1) is 0 Å². The van der Waals surface area contributed by atoms with Gasteiger partial charge >= 0.3 is 0 Å². The average molecular weight is 423 g/mol. The van der Waals surface area contributed by atoms with Crippen LogP contribution in [0.4, 0.5) is 0 Å². The lowest BCUT2D eigenvalue weighted by Gasteiger charge is -2.38. The summed E-state index contributed by atoms with van der Waals surface area (Å²) in [7, 11) is 2.10. The van der Waals surface area contributed by atoms with Crippen LogP contribution in [0.25, 0.3) is 0 Å². The molecule has 1 aromatic rings. The second-order valence-corrected chi connectivity index (χ2v) is 9.36. The lowest BCUT2D eigenvalue weighted by atomic mass is 9.94. The van der Waals surface area contributed by atoms with Gasteiger partial charge in [0.15, 0.2) is 0 Å². The molecule has 0 unspecified atom stereocenters. The standard InChI is InChI=1S/C26H38N4O/c1-3-22-4-6-23(7-5-22)20-29-16-18-30(19-17-29)26(31)25-10-14-28(15-11-25)21-24-8-12-27(2)13-9-24/h4-9,12,25H,3,10-11,13-21H2,1-2H3. The number of carbonyl (C=O) groups is 1. The molecule has 0 saturated carbocycles. The molecular weight excluding hydrogens is 384 g/mol. The number of rotatable bonds is 6. The average Bonchev–Trinajstić information content (AvgIpc) is 2.82. The van der Waals surface area contributed by atoms with E-state index in [0.717, 1.165) is 78.2 Å². The van der Waals surface area contributed by atoms with Crippen LogP contribution in [-0.4, -0.2) is 84.9 Å². The zero-order valence-electron chi connectivity index (χ0n) is 19.3. The molecule has 0 aromatic heterocycles. The van der Waals surface area contributed by atoms with Crippen molar-refractivity contribution >= 4 is 5.91 Å². The first-order valence-corrected chi connectivity index (χ1v) is 12.0. The van der Waals surface area contributed by atoms with E-state index in [1.54, 1.807) is 0 Å². The van der Waals surface area contributed by atoms with Crippen LogP contribution < -0.4 is 0 Å². The molecule has 0 spiro atoms. The molecule has 4 rings (SSSR count). The second kappa shape index (κ2) is 10.5. The number of piperidine rings is 1. The molecule has 3 aliphatic rings. The van der Waals surface area contributed by atoms with Crippen LogP contribution in [0.2, 0.25) is 0 Å². The number of nitrogens with zero attached hydrogens (tertiary/aromatic N) is 4. The molecule has 0 N–H and O–H groups in total. The first kappa shape index (κ1) is 22.1. The molecule has 0 aliphatic carbocycles. The highest BCUT2D eigenvalue weighted by atomic mass is 16.2. The van der Waals surface area contributed by atoms with Gasteiger partial charge in [-0.2, -0.15) is 0 Å². The quantitative estimate of drug-likeness (QED) is 0.705. The van der Waals surface area contributed by atoms with Crippen molar-refractivity contribution in [2.75, 3.05) is 59.4 Å². The number of hydrogen-bond acceptors (Lipinski definition) is 4. The molecule has 1 aromatic carbocycles. The fraction of sp³-hybridized carbons (Fsp3) is 0.577. The summed E-state index contributed by atoms with van der Waals surface area (Å²) in [5, 5.41) is 0. The zero-order chi connectivity index (χ0) is 21.6. The number of benzene rings is 1. The van der Waals surface area contributed by atoms with Crippen molar-refractivity contribution in [1.82, 2.24) is 19.6 Å². The smallest absolute Gasteiger partial charge is 0.225 e. The fourth-order valence-electron chi connectivity index (χ4n) is 4.85. The predicted molar refractivity (Wildman–Crippen MR) is 127 cm³/mol. The molecule has 5 heteroatoms. The third-order valence-electron chi connectivity index (χ3n) is 7.05. The maximum Gasteiger partial charge on any atom is 0.225 e. The number of likely N-dealkylation sites (N-methyl/N-ethyl adjacent to an activating group) is 1. The summed E-state index contributed by atoms with van der Waals surface area (Å²) in [5.74, 6) is 0.608. The molecule has 31 heavy (non-hydrogen) atoms. The summed E-state index contributed by atoms with van der Waals surface area (Å²) in [4.78, 5) is 22.4. The SMILES string of the molecule is CCc1ccc(CN2CCN(C(=O)C3CCN(CC4=CCN(C)C=C4)CC3)CC2)cc1. The molecule has 0 bridgehead atoms. The van der Waals surface area contributed by atoms with E-state index >= 15 is 0 Å². The van der Waals surface area contributed by atoms with E-state index in [4.69, 9.17) is 0 Å². The van der Waals surface area contributed by atoms with Crippen LogP contribution in [0.5, 0.6) is 0 Å². The Morgan fingerprint density at radius 2 is 1.55 bits per heavy atom. The van der Waals surface area contributed by atoms with Crippen LogP contribution >= 0.6 is 0 Å². The Labute approximate surface area is 188 Å². The van der Waals surface area contributed by atoms with Crippen LogP contribution in [0.15, 0.2) is 48.2 Å². The fourth-order valence-corrected chi connectivity index (χ4v) is 4.85. The lowest BCUT2D eigenvalue weighted by Crippen LogP contribution is -2.51. The van der Waals surface area contributed by atoms with Crippen LogP contribution in [0, 0.1) is 5.92 Å². The van der Waals surface area contributed by atoms with Crippen molar-refractivity contribution in [2.45, 2.75) is 32.7 Å². The van der Waals surface area contributed by atoms with E-state index in [1.165, 1.54) is 16.7 Å². The highest BCUT2D eigenvalue weighted by Gasteiger charge is 2.30. The van der Waals surface area contributed by atoms with Crippen molar-refractivity contribution < 1.29 is 4.79 Å². The third kappa shape index (κ3) is 5.98. The highest BCUT2D eigenvalue weighted by Crippen LogP contribution is 2.22. The Bertz CT molecular complexity index is 784.